The molecule has 0 aliphatic carbocycles. The molecule has 0 saturated heterocycles. The molecule has 4 atom stereocenters. The first-order valence-corrected chi connectivity index (χ1v) is 14.4. The summed E-state index contributed by atoms with van der Waals surface area (Å²) in [6.07, 6.45) is -0.373. The van der Waals surface area contributed by atoms with Crippen molar-refractivity contribution in [1.29, 1.82) is 0 Å². The number of carbonyl (C=O) groups excluding carboxylic acids is 5. The fourth-order valence-electron chi connectivity index (χ4n) is 3.19. The molecular formula is C24H34N4O8S2. The molecule has 0 saturated carbocycles. The van der Waals surface area contributed by atoms with E-state index in [1.165, 1.54) is 28.5 Å². The highest BCUT2D eigenvalue weighted by Gasteiger charge is 2.31. The molecule has 4 amide bonds. The SMILES string of the molecule is CC(O)C(NC=O)C(=O)NC(CCC(=O)O)C(=O)NC(Cc1ccccc1)C(=O)NCCSSCCC=O. The Bertz CT molecular complexity index is 920. The van der Waals surface area contributed by atoms with Crippen molar-refractivity contribution in [3.05, 3.63) is 35.9 Å². The topological polar surface area (TPSA) is 191 Å². The number of aliphatic carboxylic acids is 1. The molecule has 1 aromatic carbocycles. The molecule has 4 unspecified atom stereocenters. The van der Waals surface area contributed by atoms with E-state index in [0.29, 0.717) is 24.5 Å². The Hall–Kier alpha value is -3.10. The van der Waals surface area contributed by atoms with Crippen molar-refractivity contribution in [2.45, 2.75) is 56.8 Å². The first-order chi connectivity index (χ1) is 18.2. The average Bonchev–Trinajstić information content (AvgIpc) is 2.88. The number of aldehydes is 1. The highest BCUT2D eigenvalue weighted by atomic mass is 33.1. The zero-order valence-corrected chi connectivity index (χ0v) is 22.6. The van der Waals surface area contributed by atoms with Crippen LogP contribution in [0.4, 0.5) is 0 Å². The summed E-state index contributed by atoms with van der Waals surface area (Å²) in [6.45, 7) is 1.58. The summed E-state index contributed by atoms with van der Waals surface area (Å²) in [5.41, 5.74) is 0.766. The van der Waals surface area contributed by atoms with Crippen molar-refractivity contribution in [2.24, 2.45) is 0 Å². The number of rotatable bonds is 20. The second kappa shape index (κ2) is 19.0. The van der Waals surface area contributed by atoms with Crippen LogP contribution in [0.3, 0.4) is 0 Å². The van der Waals surface area contributed by atoms with Crippen molar-refractivity contribution in [1.82, 2.24) is 21.3 Å². The van der Waals surface area contributed by atoms with Gasteiger partial charge in [0.1, 0.15) is 24.4 Å². The average molecular weight is 571 g/mol. The summed E-state index contributed by atoms with van der Waals surface area (Å²) in [7, 11) is 3.00. The smallest absolute Gasteiger partial charge is 0.303 e. The van der Waals surface area contributed by atoms with Gasteiger partial charge >= 0.3 is 5.97 Å². The molecule has 0 fully saturated rings. The third-order valence-corrected chi connectivity index (χ3v) is 7.53. The van der Waals surface area contributed by atoms with Crippen molar-refractivity contribution in [3.63, 3.8) is 0 Å². The summed E-state index contributed by atoms with van der Waals surface area (Å²) in [6, 6.07) is 5.21. The molecule has 0 aliphatic rings. The van der Waals surface area contributed by atoms with Gasteiger partial charge < -0.3 is 36.3 Å². The fourth-order valence-corrected chi connectivity index (χ4v) is 5.05. The van der Waals surface area contributed by atoms with Gasteiger partial charge in [-0.2, -0.15) is 0 Å². The van der Waals surface area contributed by atoms with Crippen LogP contribution in [-0.2, 0) is 35.2 Å². The lowest BCUT2D eigenvalue weighted by Gasteiger charge is -2.25. The minimum atomic E-state index is -1.36. The van der Waals surface area contributed by atoms with E-state index >= 15 is 0 Å². The Labute approximate surface area is 228 Å². The first kappa shape index (κ1) is 32.9. The molecule has 0 aromatic heterocycles. The number of nitrogens with one attached hydrogen (secondary N) is 4. The predicted molar refractivity (Wildman–Crippen MR) is 144 cm³/mol. The van der Waals surface area contributed by atoms with Crippen LogP contribution in [-0.4, -0.2) is 88.9 Å². The molecular weight excluding hydrogens is 536 g/mol. The monoisotopic (exact) mass is 570 g/mol. The fraction of sp³-hybridized carbons (Fsp3) is 0.500. The molecule has 1 rings (SSSR count). The summed E-state index contributed by atoms with van der Waals surface area (Å²) in [5, 5.41) is 28.7. The van der Waals surface area contributed by atoms with E-state index in [9.17, 15) is 33.9 Å². The molecule has 1 aromatic rings. The van der Waals surface area contributed by atoms with E-state index in [-0.39, 0.29) is 19.3 Å². The van der Waals surface area contributed by atoms with Crippen molar-refractivity contribution < 1.29 is 39.0 Å². The van der Waals surface area contributed by atoms with Gasteiger partial charge in [0.25, 0.3) is 0 Å². The van der Waals surface area contributed by atoms with Gasteiger partial charge in [-0.25, -0.2) is 0 Å². The Balaban J connectivity index is 2.95. The molecule has 14 heteroatoms. The minimum Gasteiger partial charge on any atom is -0.481 e. The van der Waals surface area contributed by atoms with Crippen molar-refractivity contribution in [2.75, 3.05) is 18.1 Å². The molecule has 0 spiro atoms. The van der Waals surface area contributed by atoms with E-state index in [4.69, 9.17) is 5.11 Å². The van der Waals surface area contributed by atoms with Crippen LogP contribution in [0, 0.1) is 0 Å². The highest BCUT2D eigenvalue weighted by molar-refractivity contribution is 8.76. The van der Waals surface area contributed by atoms with E-state index < -0.39 is 54.3 Å². The van der Waals surface area contributed by atoms with Gasteiger partial charge in [0.05, 0.1) is 6.10 Å². The number of hydrogen-bond donors (Lipinski definition) is 6. The number of hydrogen-bond acceptors (Lipinski definition) is 9. The quantitative estimate of drug-likeness (QED) is 0.0686. The van der Waals surface area contributed by atoms with Gasteiger partial charge in [0.2, 0.25) is 24.1 Å². The van der Waals surface area contributed by atoms with E-state index in [0.717, 1.165) is 11.8 Å². The lowest BCUT2D eigenvalue weighted by atomic mass is 10.0. The maximum absolute atomic E-state index is 13.1. The summed E-state index contributed by atoms with van der Waals surface area (Å²) in [4.78, 5) is 71.0. The van der Waals surface area contributed by atoms with Crippen LogP contribution in [0.25, 0.3) is 0 Å². The Morgan fingerprint density at radius 3 is 2.21 bits per heavy atom. The van der Waals surface area contributed by atoms with Crippen molar-refractivity contribution in [3.8, 4) is 0 Å². The van der Waals surface area contributed by atoms with Gasteiger partial charge in [-0.3, -0.25) is 24.0 Å². The molecule has 38 heavy (non-hydrogen) atoms. The number of aliphatic hydroxyl groups is 1. The lowest BCUT2D eigenvalue weighted by molar-refractivity contribution is -0.138. The summed E-state index contributed by atoms with van der Waals surface area (Å²) < 4.78 is 0. The van der Waals surface area contributed by atoms with Crippen LogP contribution in [0.1, 0.15) is 31.7 Å². The molecule has 210 valence electrons. The number of carboxylic acids is 1. The van der Waals surface area contributed by atoms with E-state index in [1.807, 2.05) is 0 Å². The second-order valence-electron chi connectivity index (χ2n) is 8.14. The maximum Gasteiger partial charge on any atom is 0.303 e. The van der Waals surface area contributed by atoms with Crippen LogP contribution in [0.15, 0.2) is 30.3 Å². The lowest BCUT2D eigenvalue weighted by Crippen LogP contribution is -2.58. The molecule has 0 heterocycles. The summed E-state index contributed by atoms with van der Waals surface area (Å²) >= 11 is 0. The zero-order chi connectivity index (χ0) is 28.3. The number of carboxylic acid groups (broad SMARTS) is 1. The van der Waals surface area contributed by atoms with Crippen LogP contribution < -0.4 is 21.3 Å². The molecule has 0 radical (unpaired) electrons. The molecule has 0 aliphatic heterocycles. The number of aliphatic hydroxyl groups excluding tert-OH is 1. The van der Waals surface area contributed by atoms with Gasteiger partial charge in [0, 0.05) is 37.3 Å². The molecule has 0 bridgehead atoms. The number of carbonyl (C=O) groups is 6. The number of benzene rings is 1. The van der Waals surface area contributed by atoms with E-state index in [1.54, 1.807) is 30.3 Å². The third kappa shape index (κ3) is 13.4. The molecule has 12 nitrogen and oxygen atoms in total. The maximum atomic E-state index is 13.1. The number of amides is 4. The largest absolute Gasteiger partial charge is 0.481 e. The van der Waals surface area contributed by atoms with Gasteiger partial charge in [-0.1, -0.05) is 51.9 Å². The van der Waals surface area contributed by atoms with Crippen LogP contribution in [0.5, 0.6) is 0 Å². The predicted octanol–water partition coefficient (Wildman–Crippen LogP) is -0.354. The Morgan fingerprint density at radius 2 is 1.61 bits per heavy atom. The van der Waals surface area contributed by atoms with Crippen LogP contribution >= 0.6 is 21.6 Å². The molecule has 6 N–H and O–H groups in total. The second-order valence-corrected chi connectivity index (χ2v) is 10.8. The third-order valence-electron chi connectivity index (χ3n) is 5.09. The standard InChI is InChI=1S/C24H34N4O8S2/c1-16(31)21(26-15-30)24(36)27-18(8-9-20(32)33)23(35)28-19(14-17-6-3-2-4-7-17)22(34)25-10-13-38-37-12-5-11-29/h2-4,6-7,11,15-16,18-19,21,31H,5,8-10,12-14H2,1H3,(H,25,34)(H,26,30)(H,27,36)(H,28,35)(H,32,33). The Kier molecular flexibility index (Phi) is 16.5. The Morgan fingerprint density at radius 1 is 0.947 bits per heavy atom. The van der Waals surface area contributed by atoms with Crippen LogP contribution in [0.2, 0.25) is 0 Å². The normalized spacial score (nSPS) is 13.7. The minimum absolute atomic E-state index is 0.141. The van der Waals surface area contributed by atoms with Crippen molar-refractivity contribution >= 4 is 58.0 Å². The zero-order valence-electron chi connectivity index (χ0n) is 21.0. The first-order valence-electron chi connectivity index (χ1n) is 11.9. The highest BCUT2D eigenvalue weighted by Crippen LogP contribution is 2.20. The van der Waals surface area contributed by atoms with Gasteiger partial charge in [-0.05, 0) is 18.9 Å². The van der Waals surface area contributed by atoms with E-state index in [2.05, 4.69) is 21.3 Å². The summed E-state index contributed by atoms with van der Waals surface area (Å²) in [5.74, 6) is -2.10. The van der Waals surface area contributed by atoms with Gasteiger partial charge in [-0.15, -0.1) is 0 Å². The van der Waals surface area contributed by atoms with Gasteiger partial charge in [0.15, 0.2) is 0 Å².